The number of hydrogen-bond acceptors (Lipinski definition) is 4. The summed E-state index contributed by atoms with van der Waals surface area (Å²) in [5, 5.41) is 10.8. The van der Waals surface area contributed by atoms with Crippen LogP contribution < -0.4 is 0 Å². The van der Waals surface area contributed by atoms with Gasteiger partial charge >= 0.3 is 5.97 Å². The largest absolute Gasteiger partial charge is 0.481 e. The van der Waals surface area contributed by atoms with Gasteiger partial charge in [0.1, 0.15) is 0 Å². The van der Waals surface area contributed by atoms with Crippen molar-refractivity contribution in [3.8, 4) is 0 Å². The SMILES string of the molecule is O=C(O)CC1CCN(Cc2cn3ccsc3n2)CC1. The lowest BCUT2D eigenvalue weighted by molar-refractivity contribution is -0.138. The van der Waals surface area contributed by atoms with Gasteiger partial charge in [-0.25, -0.2) is 4.98 Å². The lowest BCUT2D eigenvalue weighted by atomic mass is 9.93. The number of likely N-dealkylation sites (tertiary alicyclic amines) is 1. The molecule has 3 rings (SSSR count). The van der Waals surface area contributed by atoms with Crippen molar-refractivity contribution in [1.82, 2.24) is 14.3 Å². The van der Waals surface area contributed by atoms with Gasteiger partial charge in [0.2, 0.25) is 0 Å². The number of carboxylic acids is 1. The molecule has 5 nitrogen and oxygen atoms in total. The van der Waals surface area contributed by atoms with E-state index in [2.05, 4.69) is 20.5 Å². The molecule has 2 aromatic heterocycles. The van der Waals surface area contributed by atoms with Gasteiger partial charge in [-0.2, -0.15) is 0 Å². The zero-order valence-corrected chi connectivity index (χ0v) is 11.5. The second kappa shape index (κ2) is 5.30. The quantitative estimate of drug-likeness (QED) is 0.931. The van der Waals surface area contributed by atoms with E-state index in [9.17, 15) is 4.79 Å². The molecule has 102 valence electrons. The van der Waals surface area contributed by atoms with E-state index in [1.54, 1.807) is 11.3 Å². The normalized spacial score (nSPS) is 18.1. The molecule has 0 unspecified atom stereocenters. The van der Waals surface area contributed by atoms with Gasteiger partial charge in [0.25, 0.3) is 0 Å². The summed E-state index contributed by atoms with van der Waals surface area (Å²) in [6.07, 6.45) is 6.38. The van der Waals surface area contributed by atoms with Gasteiger partial charge in [-0.3, -0.25) is 14.1 Å². The molecular weight excluding hydrogens is 262 g/mol. The van der Waals surface area contributed by atoms with Gasteiger partial charge in [0.15, 0.2) is 4.96 Å². The van der Waals surface area contributed by atoms with Crippen LogP contribution in [0, 0.1) is 5.92 Å². The first-order valence-corrected chi connectivity index (χ1v) is 7.44. The minimum absolute atomic E-state index is 0.314. The first-order chi connectivity index (χ1) is 9.20. The molecule has 0 atom stereocenters. The third kappa shape index (κ3) is 2.96. The van der Waals surface area contributed by atoms with E-state index in [1.165, 1.54) is 0 Å². The first kappa shape index (κ1) is 12.6. The third-order valence-electron chi connectivity index (χ3n) is 3.70. The summed E-state index contributed by atoms with van der Waals surface area (Å²) in [4.78, 5) is 18.7. The topological polar surface area (TPSA) is 57.8 Å². The fraction of sp³-hybridized carbons (Fsp3) is 0.538. The van der Waals surface area contributed by atoms with Crippen LogP contribution in [0.25, 0.3) is 4.96 Å². The number of hydrogen-bond donors (Lipinski definition) is 1. The van der Waals surface area contributed by atoms with Gasteiger partial charge in [-0.15, -0.1) is 11.3 Å². The number of nitrogens with zero attached hydrogens (tertiary/aromatic N) is 3. The second-order valence-electron chi connectivity index (χ2n) is 5.14. The Morgan fingerprint density at radius 2 is 2.26 bits per heavy atom. The smallest absolute Gasteiger partial charge is 0.303 e. The number of rotatable bonds is 4. The van der Waals surface area contributed by atoms with Gasteiger partial charge in [0.05, 0.1) is 5.69 Å². The molecule has 1 N–H and O–H groups in total. The Labute approximate surface area is 115 Å². The van der Waals surface area contributed by atoms with Gasteiger partial charge in [0, 0.05) is 30.7 Å². The van der Waals surface area contributed by atoms with Crippen molar-refractivity contribution in [3.05, 3.63) is 23.5 Å². The van der Waals surface area contributed by atoms with Crippen molar-refractivity contribution in [1.29, 1.82) is 0 Å². The van der Waals surface area contributed by atoms with Crippen LogP contribution in [0.1, 0.15) is 25.0 Å². The Balaban J connectivity index is 1.54. The van der Waals surface area contributed by atoms with Crippen LogP contribution in [0.2, 0.25) is 0 Å². The number of imidazole rings is 1. The highest BCUT2D eigenvalue weighted by Crippen LogP contribution is 2.22. The summed E-state index contributed by atoms with van der Waals surface area (Å²) in [6.45, 7) is 2.82. The zero-order chi connectivity index (χ0) is 13.2. The maximum atomic E-state index is 10.7. The standard InChI is InChI=1S/C13H17N3O2S/c17-12(18)7-10-1-3-15(4-2-10)8-11-9-16-5-6-19-13(16)14-11/h5-6,9-10H,1-4,7-8H2,(H,17,18). The summed E-state index contributed by atoms with van der Waals surface area (Å²) in [6, 6.07) is 0. The van der Waals surface area contributed by atoms with Crippen molar-refractivity contribution in [2.45, 2.75) is 25.8 Å². The van der Waals surface area contributed by atoms with Crippen molar-refractivity contribution >= 4 is 22.3 Å². The summed E-state index contributed by atoms with van der Waals surface area (Å²) < 4.78 is 2.05. The minimum atomic E-state index is -0.673. The zero-order valence-electron chi connectivity index (χ0n) is 10.7. The minimum Gasteiger partial charge on any atom is -0.481 e. The van der Waals surface area contributed by atoms with Crippen LogP contribution in [0.15, 0.2) is 17.8 Å². The van der Waals surface area contributed by atoms with Gasteiger partial charge in [-0.05, 0) is 31.8 Å². The maximum absolute atomic E-state index is 10.7. The average molecular weight is 279 g/mol. The van der Waals surface area contributed by atoms with Crippen molar-refractivity contribution in [3.63, 3.8) is 0 Å². The van der Waals surface area contributed by atoms with E-state index in [-0.39, 0.29) is 0 Å². The number of carbonyl (C=O) groups is 1. The Kier molecular flexibility index (Phi) is 3.52. The van der Waals surface area contributed by atoms with E-state index >= 15 is 0 Å². The summed E-state index contributed by atoms with van der Waals surface area (Å²) >= 11 is 1.65. The molecule has 19 heavy (non-hydrogen) atoms. The van der Waals surface area contributed by atoms with Crippen LogP contribution >= 0.6 is 11.3 Å². The van der Waals surface area contributed by atoms with Crippen molar-refractivity contribution in [2.75, 3.05) is 13.1 Å². The highest BCUT2D eigenvalue weighted by atomic mass is 32.1. The molecule has 3 heterocycles. The predicted molar refractivity (Wildman–Crippen MR) is 73.3 cm³/mol. The molecule has 1 aliphatic rings. The van der Waals surface area contributed by atoms with Crippen molar-refractivity contribution in [2.24, 2.45) is 5.92 Å². The Morgan fingerprint density at radius 1 is 1.47 bits per heavy atom. The molecule has 0 aromatic carbocycles. The predicted octanol–water partition coefficient (Wildman–Crippen LogP) is 2.08. The molecule has 6 heteroatoms. The van der Waals surface area contributed by atoms with E-state index in [0.717, 1.165) is 43.1 Å². The summed E-state index contributed by atoms with van der Waals surface area (Å²) in [5.74, 6) is -0.327. The van der Waals surface area contributed by atoms with Crippen molar-refractivity contribution < 1.29 is 9.90 Å². The van der Waals surface area contributed by atoms with Gasteiger partial charge in [-0.1, -0.05) is 0 Å². The molecular formula is C13H17N3O2S. The molecule has 0 saturated carbocycles. The number of aliphatic carboxylic acids is 1. The fourth-order valence-corrected chi connectivity index (χ4v) is 3.40. The third-order valence-corrected chi connectivity index (χ3v) is 4.47. The molecule has 2 aromatic rings. The Morgan fingerprint density at radius 3 is 2.95 bits per heavy atom. The Hall–Kier alpha value is -1.40. The summed E-state index contributed by atoms with van der Waals surface area (Å²) in [7, 11) is 0. The molecule has 1 aliphatic heterocycles. The Bertz CT molecular complexity index is 541. The van der Waals surface area contributed by atoms with Crippen LogP contribution in [0.4, 0.5) is 0 Å². The van der Waals surface area contributed by atoms with Crippen LogP contribution in [0.3, 0.4) is 0 Å². The van der Waals surface area contributed by atoms with E-state index in [0.29, 0.717) is 12.3 Å². The molecule has 0 amide bonds. The molecule has 1 fully saturated rings. The van der Waals surface area contributed by atoms with E-state index in [4.69, 9.17) is 5.11 Å². The lowest BCUT2D eigenvalue weighted by Gasteiger charge is -2.30. The lowest BCUT2D eigenvalue weighted by Crippen LogP contribution is -2.34. The molecule has 0 bridgehead atoms. The molecule has 0 spiro atoms. The number of piperidine rings is 1. The monoisotopic (exact) mass is 279 g/mol. The molecule has 1 saturated heterocycles. The number of aromatic nitrogens is 2. The van der Waals surface area contributed by atoms with E-state index in [1.807, 2.05) is 11.6 Å². The van der Waals surface area contributed by atoms with Crippen LogP contribution in [-0.4, -0.2) is 38.4 Å². The highest BCUT2D eigenvalue weighted by Gasteiger charge is 2.21. The van der Waals surface area contributed by atoms with Crippen LogP contribution in [-0.2, 0) is 11.3 Å². The highest BCUT2D eigenvalue weighted by molar-refractivity contribution is 7.15. The van der Waals surface area contributed by atoms with E-state index < -0.39 is 5.97 Å². The molecule has 0 radical (unpaired) electrons. The second-order valence-corrected chi connectivity index (χ2v) is 6.02. The number of thiazole rings is 1. The number of carboxylic acid groups (broad SMARTS) is 1. The fourth-order valence-electron chi connectivity index (χ4n) is 2.68. The average Bonchev–Trinajstić information content (AvgIpc) is 2.91. The molecule has 0 aliphatic carbocycles. The van der Waals surface area contributed by atoms with Gasteiger partial charge < -0.3 is 5.11 Å². The first-order valence-electron chi connectivity index (χ1n) is 6.56. The summed E-state index contributed by atoms with van der Waals surface area (Å²) in [5.41, 5.74) is 1.10. The van der Waals surface area contributed by atoms with Crippen LogP contribution in [0.5, 0.6) is 0 Å². The number of fused-ring (bicyclic) bond motifs is 1. The maximum Gasteiger partial charge on any atom is 0.303 e.